The van der Waals surface area contributed by atoms with Crippen molar-refractivity contribution in [3.8, 4) is 0 Å². The Labute approximate surface area is 121 Å². The first-order chi connectivity index (χ1) is 9.31. The Hall–Kier alpha value is -1.82. The first-order valence-electron chi connectivity index (χ1n) is 6.04. The van der Waals surface area contributed by atoms with E-state index < -0.39 is 23.9 Å². The Morgan fingerprint density at radius 3 is 2.55 bits per heavy atom. The van der Waals surface area contributed by atoms with Gasteiger partial charge in [-0.05, 0) is 18.1 Å². The largest absolute Gasteiger partial charge is 0.481 e. The number of carboxylic acids is 1. The maximum Gasteiger partial charge on any atom is 0.319 e. The van der Waals surface area contributed by atoms with Crippen LogP contribution in [0.2, 0.25) is 5.02 Å². The van der Waals surface area contributed by atoms with Gasteiger partial charge in [-0.3, -0.25) is 4.79 Å². The molecule has 20 heavy (non-hydrogen) atoms. The third-order valence-electron chi connectivity index (χ3n) is 2.72. The topological polar surface area (TPSA) is 78.4 Å². The first-order valence-corrected chi connectivity index (χ1v) is 6.42. The zero-order valence-electron chi connectivity index (χ0n) is 11.1. The Kier molecular flexibility index (Phi) is 5.76. The van der Waals surface area contributed by atoms with E-state index in [-0.39, 0.29) is 23.0 Å². The van der Waals surface area contributed by atoms with Gasteiger partial charge < -0.3 is 15.7 Å². The van der Waals surface area contributed by atoms with Crippen LogP contribution >= 0.6 is 11.6 Å². The van der Waals surface area contributed by atoms with Gasteiger partial charge in [0.1, 0.15) is 5.82 Å². The summed E-state index contributed by atoms with van der Waals surface area (Å²) >= 11 is 5.78. The average molecular weight is 303 g/mol. The van der Waals surface area contributed by atoms with Crippen molar-refractivity contribution in [2.24, 2.45) is 5.92 Å². The summed E-state index contributed by atoms with van der Waals surface area (Å²) < 4.78 is 13.5. The van der Waals surface area contributed by atoms with E-state index >= 15 is 0 Å². The number of anilines is 1. The second-order valence-corrected chi connectivity index (χ2v) is 5.05. The van der Waals surface area contributed by atoms with E-state index in [4.69, 9.17) is 16.7 Å². The number of halogens is 2. The highest BCUT2D eigenvalue weighted by atomic mass is 35.5. The third-order valence-corrected chi connectivity index (χ3v) is 3.03. The molecule has 1 aromatic rings. The van der Waals surface area contributed by atoms with Crippen LogP contribution in [-0.2, 0) is 4.79 Å². The molecule has 2 amide bonds. The van der Waals surface area contributed by atoms with E-state index in [1.807, 2.05) is 0 Å². The molecule has 1 aromatic carbocycles. The van der Waals surface area contributed by atoms with Gasteiger partial charge >= 0.3 is 12.0 Å². The zero-order valence-corrected chi connectivity index (χ0v) is 11.9. The predicted molar refractivity (Wildman–Crippen MR) is 74.4 cm³/mol. The number of aliphatic carboxylic acids is 1. The van der Waals surface area contributed by atoms with Crippen molar-refractivity contribution in [2.45, 2.75) is 26.3 Å². The van der Waals surface area contributed by atoms with Gasteiger partial charge in [-0.2, -0.15) is 0 Å². The molecule has 0 aliphatic heterocycles. The van der Waals surface area contributed by atoms with Gasteiger partial charge in [0.15, 0.2) is 0 Å². The Balaban J connectivity index is 2.73. The fourth-order valence-electron chi connectivity index (χ4n) is 1.58. The van der Waals surface area contributed by atoms with Gasteiger partial charge in [-0.1, -0.05) is 31.5 Å². The lowest BCUT2D eigenvalue weighted by atomic mass is 10.0. The number of carbonyl (C=O) groups excluding carboxylic acids is 1. The minimum atomic E-state index is -1.02. The number of urea groups is 1. The number of benzene rings is 1. The van der Waals surface area contributed by atoms with E-state index in [1.54, 1.807) is 13.8 Å². The molecule has 0 saturated heterocycles. The lowest BCUT2D eigenvalue weighted by molar-refractivity contribution is -0.137. The Bertz CT molecular complexity index is 488. The quantitative estimate of drug-likeness (QED) is 0.782. The van der Waals surface area contributed by atoms with Gasteiger partial charge in [-0.25, -0.2) is 9.18 Å². The molecule has 110 valence electrons. The predicted octanol–water partition coefficient (Wildman–Crippen LogP) is 3.10. The summed E-state index contributed by atoms with van der Waals surface area (Å²) in [4.78, 5) is 22.5. The minimum Gasteiger partial charge on any atom is -0.481 e. The number of rotatable bonds is 5. The fraction of sp³-hybridized carbons (Fsp3) is 0.385. The standard InChI is InChI=1S/C13H16ClFN2O3/c1-7(2)10(6-11(18)19)16-13(20)17-12-8(14)4-3-5-9(12)15/h3-5,7,10H,6H2,1-2H3,(H,18,19)(H2,16,17,20). The Morgan fingerprint density at radius 2 is 2.05 bits per heavy atom. The van der Waals surface area contributed by atoms with Crippen LogP contribution in [0.3, 0.4) is 0 Å². The molecule has 5 nitrogen and oxygen atoms in total. The van der Waals surface area contributed by atoms with E-state index in [2.05, 4.69) is 10.6 Å². The van der Waals surface area contributed by atoms with Crippen LogP contribution in [0.5, 0.6) is 0 Å². The second kappa shape index (κ2) is 7.09. The van der Waals surface area contributed by atoms with Crippen molar-refractivity contribution in [1.82, 2.24) is 5.32 Å². The summed E-state index contributed by atoms with van der Waals surface area (Å²) in [6, 6.07) is 2.77. The molecule has 0 aliphatic carbocycles. The molecule has 1 unspecified atom stereocenters. The SMILES string of the molecule is CC(C)C(CC(=O)O)NC(=O)Nc1c(F)cccc1Cl. The number of hydrogen-bond donors (Lipinski definition) is 3. The van der Waals surface area contributed by atoms with Crippen LogP contribution in [0.15, 0.2) is 18.2 Å². The molecule has 0 bridgehead atoms. The molecule has 0 saturated carbocycles. The summed E-state index contributed by atoms with van der Waals surface area (Å²) in [5.74, 6) is -1.76. The second-order valence-electron chi connectivity index (χ2n) is 4.64. The van der Waals surface area contributed by atoms with Gasteiger partial charge in [0.05, 0.1) is 17.1 Å². The van der Waals surface area contributed by atoms with Gasteiger partial charge in [0.2, 0.25) is 0 Å². The number of carboxylic acid groups (broad SMARTS) is 1. The van der Waals surface area contributed by atoms with Gasteiger partial charge in [-0.15, -0.1) is 0 Å². The zero-order chi connectivity index (χ0) is 15.3. The van der Waals surface area contributed by atoms with Crippen molar-refractivity contribution in [2.75, 3.05) is 5.32 Å². The minimum absolute atomic E-state index is 0.0690. The van der Waals surface area contributed by atoms with E-state index in [0.29, 0.717) is 0 Å². The molecule has 1 rings (SSSR count). The molecule has 7 heteroatoms. The number of hydrogen-bond acceptors (Lipinski definition) is 2. The average Bonchev–Trinajstić information content (AvgIpc) is 2.32. The van der Waals surface area contributed by atoms with Crippen LogP contribution in [0, 0.1) is 11.7 Å². The lowest BCUT2D eigenvalue weighted by Gasteiger charge is -2.21. The van der Waals surface area contributed by atoms with Crippen molar-refractivity contribution in [3.63, 3.8) is 0 Å². The molecule has 0 fully saturated rings. The summed E-state index contributed by atoms with van der Waals surface area (Å²) in [6.07, 6.45) is -0.212. The number of para-hydroxylation sites is 1. The molecular weight excluding hydrogens is 287 g/mol. The molecule has 0 spiro atoms. The van der Waals surface area contributed by atoms with Crippen molar-refractivity contribution in [1.29, 1.82) is 0 Å². The third kappa shape index (κ3) is 4.70. The first kappa shape index (κ1) is 16.2. The molecule has 0 aliphatic rings. The maximum absolute atomic E-state index is 13.5. The molecule has 0 aromatic heterocycles. The number of carbonyl (C=O) groups is 2. The highest BCUT2D eigenvalue weighted by molar-refractivity contribution is 6.33. The van der Waals surface area contributed by atoms with Crippen molar-refractivity contribution >= 4 is 29.3 Å². The summed E-state index contributed by atoms with van der Waals surface area (Å²) in [6.45, 7) is 3.56. The summed E-state index contributed by atoms with van der Waals surface area (Å²) in [5, 5.41) is 13.6. The highest BCUT2D eigenvalue weighted by Crippen LogP contribution is 2.24. The molecule has 1 atom stereocenters. The van der Waals surface area contributed by atoms with Crippen molar-refractivity contribution in [3.05, 3.63) is 29.0 Å². The number of nitrogens with one attached hydrogen (secondary N) is 2. The smallest absolute Gasteiger partial charge is 0.319 e. The molecule has 0 heterocycles. The van der Waals surface area contributed by atoms with Gasteiger partial charge in [0.25, 0.3) is 0 Å². The molecule has 0 radical (unpaired) electrons. The van der Waals surface area contributed by atoms with E-state index in [0.717, 1.165) is 0 Å². The van der Waals surface area contributed by atoms with Crippen LogP contribution in [-0.4, -0.2) is 23.1 Å². The van der Waals surface area contributed by atoms with Crippen LogP contribution in [0.4, 0.5) is 14.9 Å². The normalized spacial score (nSPS) is 12.1. The van der Waals surface area contributed by atoms with Crippen LogP contribution in [0.1, 0.15) is 20.3 Å². The summed E-state index contributed by atoms with van der Waals surface area (Å²) in [5.41, 5.74) is -0.135. The van der Waals surface area contributed by atoms with Crippen LogP contribution in [0.25, 0.3) is 0 Å². The fourth-order valence-corrected chi connectivity index (χ4v) is 1.79. The van der Waals surface area contributed by atoms with E-state index in [1.165, 1.54) is 18.2 Å². The maximum atomic E-state index is 13.5. The lowest BCUT2D eigenvalue weighted by Crippen LogP contribution is -2.42. The van der Waals surface area contributed by atoms with Crippen LogP contribution < -0.4 is 10.6 Å². The van der Waals surface area contributed by atoms with Gasteiger partial charge in [0, 0.05) is 6.04 Å². The molecular formula is C13H16ClFN2O3. The Morgan fingerprint density at radius 1 is 1.40 bits per heavy atom. The number of amides is 2. The monoisotopic (exact) mass is 302 g/mol. The summed E-state index contributed by atoms with van der Waals surface area (Å²) in [7, 11) is 0. The highest BCUT2D eigenvalue weighted by Gasteiger charge is 2.20. The molecule has 3 N–H and O–H groups in total. The van der Waals surface area contributed by atoms with E-state index in [9.17, 15) is 14.0 Å². The van der Waals surface area contributed by atoms with Crippen molar-refractivity contribution < 1.29 is 19.1 Å².